The van der Waals surface area contributed by atoms with Gasteiger partial charge in [-0.15, -0.1) is 0 Å². The second kappa shape index (κ2) is 10.8. The highest BCUT2D eigenvalue weighted by Crippen LogP contribution is 2.19. The quantitative estimate of drug-likeness (QED) is 0.577. The molecule has 2 atom stereocenters. The monoisotopic (exact) mass is 257 g/mol. The van der Waals surface area contributed by atoms with Crippen LogP contribution in [0.3, 0.4) is 0 Å². The molecule has 1 aliphatic heterocycles. The van der Waals surface area contributed by atoms with Crippen LogP contribution in [0, 0.1) is 0 Å². The lowest BCUT2D eigenvalue weighted by atomic mass is 10.1. The van der Waals surface area contributed by atoms with Crippen LogP contribution in [-0.4, -0.2) is 39.0 Å². The van der Waals surface area contributed by atoms with E-state index in [-0.39, 0.29) is 0 Å². The molecule has 1 aliphatic rings. The Morgan fingerprint density at radius 3 is 2.56 bits per heavy atom. The first-order valence-corrected chi connectivity index (χ1v) is 7.74. The van der Waals surface area contributed by atoms with Crippen LogP contribution in [0.15, 0.2) is 0 Å². The maximum atomic E-state index is 5.87. The van der Waals surface area contributed by atoms with Crippen molar-refractivity contribution >= 4 is 0 Å². The summed E-state index contributed by atoms with van der Waals surface area (Å²) in [5.41, 5.74) is 0. The SMILES string of the molecule is CCCCCCCCOCC1CCC(CNC)O1. The minimum atomic E-state index is 0.337. The van der Waals surface area contributed by atoms with Gasteiger partial charge in [0.05, 0.1) is 18.8 Å². The van der Waals surface area contributed by atoms with Crippen molar-refractivity contribution < 1.29 is 9.47 Å². The molecule has 0 amide bonds. The molecule has 1 fully saturated rings. The molecule has 108 valence electrons. The molecule has 0 spiro atoms. The van der Waals surface area contributed by atoms with Gasteiger partial charge < -0.3 is 14.8 Å². The lowest BCUT2D eigenvalue weighted by Crippen LogP contribution is -2.25. The third-order valence-electron chi connectivity index (χ3n) is 3.57. The number of likely N-dealkylation sites (N-methyl/N-ethyl adjacent to an activating group) is 1. The van der Waals surface area contributed by atoms with Crippen LogP contribution in [-0.2, 0) is 9.47 Å². The fraction of sp³-hybridized carbons (Fsp3) is 1.00. The van der Waals surface area contributed by atoms with Crippen molar-refractivity contribution in [3.05, 3.63) is 0 Å². The largest absolute Gasteiger partial charge is 0.379 e. The van der Waals surface area contributed by atoms with Crippen molar-refractivity contribution in [2.75, 3.05) is 26.8 Å². The molecule has 1 N–H and O–H groups in total. The molecule has 3 nitrogen and oxygen atoms in total. The van der Waals surface area contributed by atoms with Gasteiger partial charge in [-0.3, -0.25) is 0 Å². The number of unbranched alkanes of at least 4 members (excludes halogenated alkanes) is 5. The molecule has 0 aromatic heterocycles. The first-order valence-electron chi connectivity index (χ1n) is 7.74. The summed E-state index contributed by atoms with van der Waals surface area (Å²) >= 11 is 0. The highest BCUT2D eigenvalue weighted by molar-refractivity contribution is 4.74. The minimum absolute atomic E-state index is 0.337. The van der Waals surface area contributed by atoms with E-state index in [2.05, 4.69) is 12.2 Å². The predicted octanol–water partition coefficient (Wildman–Crippen LogP) is 3.13. The summed E-state index contributed by atoms with van der Waals surface area (Å²) < 4.78 is 11.6. The van der Waals surface area contributed by atoms with E-state index in [1.807, 2.05) is 7.05 Å². The molecule has 1 rings (SSSR count). The summed E-state index contributed by atoms with van der Waals surface area (Å²) in [4.78, 5) is 0. The van der Waals surface area contributed by atoms with Crippen molar-refractivity contribution in [3.63, 3.8) is 0 Å². The van der Waals surface area contributed by atoms with E-state index in [4.69, 9.17) is 9.47 Å². The number of hydrogen-bond donors (Lipinski definition) is 1. The van der Waals surface area contributed by atoms with Gasteiger partial charge in [0.15, 0.2) is 0 Å². The smallest absolute Gasteiger partial charge is 0.0813 e. The maximum absolute atomic E-state index is 5.87. The van der Waals surface area contributed by atoms with Crippen molar-refractivity contribution in [2.45, 2.75) is 70.5 Å². The zero-order chi connectivity index (χ0) is 13.1. The molecular weight excluding hydrogens is 226 g/mol. The molecule has 1 saturated heterocycles. The van der Waals surface area contributed by atoms with E-state index in [9.17, 15) is 0 Å². The van der Waals surface area contributed by atoms with Crippen LogP contribution in [0.5, 0.6) is 0 Å². The summed E-state index contributed by atoms with van der Waals surface area (Å²) in [7, 11) is 1.98. The van der Waals surface area contributed by atoms with Gasteiger partial charge in [-0.2, -0.15) is 0 Å². The van der Waals surface area contributed by atoms with E-state index in [0.29, 0.717) is 12.2 Å². The molecular formula is C15H31NO2. The average Bonchev–Trinajstić information content (AvgIpc) is 2.81. The molecule has 0 saturated carbocycles. The van der Waals surface area contributed by atoms with Gasteiger partial charge in [-0.1, -0.05) is 39.0 Å². The third kappa shape index (κ3) is 7.34. The van der Waals surface area contributed by atoms with Crippen molar-refractivity contribution in [3.8, 4) is 0 Å². The molecule has 1 heterocycles. The predicted molar refractivity (Wildman–Crippen MR) is 76.0 cm³/mol. The van der Waals surface area contributed by atoms with E-state index >= 15 is 0 Å². The van der Waals surface area contributed by atoms with Gasteiger partial charge in [-0.05, 0) is 26.3 Å². The Morgan fingerprint density at radius 1 is 1.06 bits per heavy atom. The summed E-state index contributed by atoms with van der Waals surface area (Å²) in [6.45, 7) is 4.91. The number of rotatable bonds is 11. The molecule has 3 heteroatoms. The lowest BCUT2D eigenvalue weighted by molar-refractivity contribution is -0.0144. The summed E-state index contributed by atoms with van der Waals surface area (Å²) in [6, 6.07) is 0. The number of ether oxygens (including phenoxy) is 2. The Balaban J connectivity index is 1.84. The van der Waals surface area contributed by atoms with Gasteiger partial charge in [0, 0.05) is 13.2 Å². The second-order valence-corrected chi connectivity index (χ2v) is 5.36. The molecule has 0 bridgehead atoms. The van der Waals surface area contributed by atoms with Crippen LogP contribution in [0.1, 0.15) is 58.3 Å². The van der Waals surface area contributed by atoms with E-state index in [0.717, 1.165) is 26.2 Å². The summed E-state index contributed by atoms with van der Waals surface area (Å²) in [6.07, 6.45) is 11.0. The maximum Gasteiger partial charge on any atom is 0.0813 e. The molecule has 0 aromatic carbocycles. The average molecular weight is 257 g/mol. The van der Waals surface area contributed by atoms with E-state index in [1.165, 1.54) is 44.9 Å². The standard InChI is InChI=1S/C15H31NO2/c1-3-4-5-6-7-8-11-17-13-15-10-9-14(18-15)12-16-2/h14-16H,3-13H2,1-2H3. The van der Waals surface area contributed by atoms with Gasteiger partial charge in [0.2, 0.25) is 0 Å². The topological polar surface area (TPSA) is 30.5 Å². The zero-order valence-electron chi connectivity index (χ0n) is 12.2. The van der Waals surface area contributed by atoms with Gasteiger partial charge in [-0.25, -0.2) is 0 Å². The first kappa shape index (κ1) is 15.9. The van der Waals surface area contributed by atoms with Crippen molar-refractivity contribution in [2.24, 2.45) is 0 Å². The highest BCUT2D eigenvalue weighted by Gasteiger charge is 2.24. The summed E-state index contributed by atoms with van der Waals surface area (Å²) in [5, 5.41) is 3.17. The highest BCUT2D eigenvalue weighted by atomic mass is 16.5. The van der Waals surface area contributed by atoms with E-state index in [1.54, 1.807) is 0 Å². The third-order valence-corrected chi connectivity index (χ3v) is 3.57. The Kier molecular flexibility index (Phi) is 9.54. The van der Waals surface area contributed by atoms with Crippen LogP contribution < -0.4 is 5.32 Å². The molecule has 0 aliphatic carbocycles. The number of nitrogens with one attached hydrogen (secondary N) is 1. The first-order chi connectivity index (χ1) is 8.86. The van der Waals surface area contributed by atoms with Crippen LogP contribution in [0.4, 0.5) is 0 Å². The Labute approximate surface area is 113 Å². The number of hydrogen-bond acceptors (Lipinski definition) is 3. The molecule has 2 unspecified atom stereocenters. The molecule has 18 heavy (non-hydrogen) atoms. The normalized spacial score (nSPS) is 23.7. The van der Waals surface area contributed by atoms with Crippen molar-refractivity contribution in [1.29, 1.82) is 0 Å². The van der Waals surface area contributed by atoms with Crippen LogP contribution >= 0.6 is 0 Å². The molecule has 0 aromatic rings. The fourth-order valence-corrected chi connectivity index (χ4v) is 2.48. The van der Waals surface area contributed by atoms with E-state index < -0.39 is 0 Å². The second-order valence-electron chi connectivity index (χ2n) is 5.36. The minimum Gasteiger partial charge on any atom is -0.379 e. The van der Waals surface area contributed by atoms with Gasteiger partial charge >= 0.3 is 0 Å². The van der Waals surface area contributed by atoms with Gasteiger partial charge in [0.25, 0.3) is 0 Å². The Bertz CT molecular complexity index is 187. The zero-order valence-corrected chi connectivity index (χ0v) is 12.2. The van der Waals surface area contributed by atoms with Crippen LogP contribution in [0.2, 0.25) is 0 Å². The summed E-state index contributed by atoms with van der Waals surface area (Å²) in [5.74, 6) is 0. The fourth-order valence-electron chi connectivity index (χ4n) is 2.48. The Hall–Kier alpha value is -0.120. The van der Waals surface area contributed by atoms with Crippen molar-refractivity contribution in [1.82, 2.24) is 5.32 Å². The van der Waals surface area contributed by atoms with Crippen LogP contribution in [0.25, 0.3) is 0 Å². The van der Waals surface area contributed by atoms with Gasteiger partial charge in [0.1, 0.15) is 0 Å². The Morgan fingerprint density at radius 2 is 1.78 bits per heavy atom. The lowest BCUT2D eigenvalue weighted by Gasteiger charge is -2.13. The molecule has 0 radical (unpaired) electrons.